The van der Waals surface area contributed by atoms with Crippen LogP contribution in [0.3, 0.4) is 0 Å². The average molecular weight is 417 g/mol. The first kappa shape index (κ1) is 21.2. The zero-order valence-electron chi connectivity index (χ0n) is 13.4. The molecule has 0 fully saturated rings. The molecule has 0 radical (unpaired) electrons. The maximum atomic E-state index is 11.0. The van der Waals surface area contributed by atoms with Crippen molar-refractivity contribution in [2.75, 3.05) is 38.8 Å². The Balaban J connectivity index is 2.33. The standard InChI is InChI=1S/C14H20Cl3N3O3S/c1-18-14(19-4-3-7-24(2,21)22)20-5-6-23-13-11(16)8-10(15)9-12(13)17/h8-9H,3-7H2,1-2H3,(H2,18,19,20). The van der Waals surface area contributed by atoms with Crippen molar-refractivity contribution in [3.05, 3.63) is 27.2 Å². The summed E-state index contributed by atoms with van der Waals surface area (Å²) >= 11 is 17.9. The molecule has 136 valence electrons. The van der Waals surface area contributed by atoms with Crippen molar-refractivity contribution in [2.24, 2.45) is 4.99 Å². The van der Waals surface area contributed by atoms with Crippen molar-refractivity contribution in [2.45, 2.75) is 6.42 Å². The zero-order chi connectivity index (χ0) is 18.2. The predicted octanol–water partition coefficient (Wildman–Crippen LogP) is 2.63. The molecule has 1 aromatic carbocycles. The number of hydrogen-bond acceptors (Lipinski definition) is 4. The molecule has 6 nitrogen and oxygen atoms in total. The van der Waals surface area contributed by atoms with Crippen LogP contribution in [0.4, 0.5) is 0 Å². The smallest absolute Gasteiger partial charge is 0.191 e. The lowest BCUT2D eigenvalue weighted by molar-refractivity contribution is 0.322. The molecule has 24 heavy (non-hydrogen) atoms. The molecule has 0 saturated carbocycles. The molecular formula is C14H20Cl3N3O3S. The Morgan fingerprint density at radius 2 is 1.75 bits per heavy atom. The van der Waals surface area contributed by atoms with Gasteiger partial charge in [0.25, 0.3) is 0 Å². The van der Waals surface area contributed by atoms with Crippen LogP contribution in [0.1, 0.15) is 6.42 Å². The van der Waals surface area contributed by atoms with Crippen molar-refractivity contribution >= 4 is 50.6 Å². The molecule has 0 spiro atoms. The molecule has 1 rings (SSSR count). The first-order valence-corrected chi connectivity index (χ1v) is 10.3. The molecule has 0 saturated heterocycles. The molecule has 2 N–H and O–H groups in total. The van der Waals surface area contributed by atoms with E-state index in [1.165, 1.54) is 6.26 Å². The van der Waals surface area contributed by atoms with Gasteiger partial charge < -0.3 is 15.4 Å². The van der Waals surface area contributed by atoms with Crippen molar-refractivity contribution in [1.82, 2.24) is 10.6 Å². The maximum absolute atomic E-state index is 11.0. The number of aliphatic imine (C=N–C) groups is 1. The highest BCUT2D eigenvalue weighted by Crippen LogP contribution is 2.35. The molecule has 0 aliphatic carbocycles. The Bertz CT molecular complexity index is 658. The highest BCUT2D eigenvalue weighted by molar-refractivity contribution is 7.90. The molecule has 0 amide bonds. The Kier molecular flexibility index (Phi) is 8.97. The number of sulfone groups is 1. The summed E-state index contributed by atoms with van der Waals surface area (Å²) in [4.78, 5) is 4.03. The van der Waals surface area contributed by atoms with E-state index in [0.29, 0.717) is 52.9 Å². The topological polar surface area (TPSA) is 79.8 Å². The summed E-state index contributed by atoms with van der Waals surface area (Å²) in [5, 5.41) is 7.19. The van der Waals surface area contributed by atoms with Crippen molar-refractivity contribution < 1.29 is 13.2 Å². The van der Waals surface area contributed by atoms with Gasteiger partial charge in [-0.1, -0.05) is 34.8 Å². The fourth-order valence-electron chi connectivity index (χ4n) is 1.75. The van der Waals surface area contributed by atoms with Crippen molar-refractivity contribution in [1.29, 1.82) is 0 Å². The molecule has 0 bridgehead atoms. The molecule has 0 aliphatic rings. The van der Waals surface area contributed by atoms with Gasteiger partial charge in [-0.2, -0.15) is 0 Å². The summed E-state index contributed by atoms with van der Waals surface area (Å²) in [7, 11) is -1.32. The number of guanidine groups is 1. The van der Waals surface area contributed by atoms with Crippen molar-refractivity contribution in [3.8, 4) is 5.75 Å². The monoisotopic (exact) mass is 415 g/mol. The number of hydrogen-bond donors (Lipinski definition) is 2. The van der Waals surface area contributed by atoms with E-state index >= 15 is 0 Å². The second-order valence-electron chi connectivity index (χ2n) is 4.96. The van der Waals surface area contributed by atoms with Crippen LogP contribution in [-0.4, -0.2) is 53.1 Å². The lowest BCUT2D eigenvalue weighted by Gasteiger charge is -2.13. The molecule has 0 aromatic heterocycles. The highest BCUT2D eigenvalue weighted by atomic mass is 35.5. The van der Waals surface area contributed by atoms with E-state index in [9.17, 15) is 8.42 Å². The molecule has 0 aliphatic heterocycles. The number of ether oxygens (including phenoxy) is 1. The van der Waals surface area contributed by atoms with Crippen LogP contribution >= 0.6 is 34.8 Å². The fourth-order valence-corrected chi connectivity index (χ4v) is 3.35. The third kappa shape index (κ3) is 8.28. The van der Waals surface area contributed by atoms with Gasteiger partial charge in [-0.15, -0.1) is 0 Å². The fraction of sp³-hybridized carbons (Fsp3) is 0.500. The van der Waals surface area contributed by atoms with Gasteiger partial charge in [-0.3, -0.25) is 4.99 Å². The summed E-state index contributed by atoms with van der Waals surface area (Å²) in [6.45, 7) is 1.27. The maximum Gasteiger partial charge on any atom is 0.191 e. The van der Waals surface area contributed by atoms with Crippen LogP contribution in [0.5, 0.6) is 5.75 Å². The molecule has 0 atom stereocenters. The van der Waals surface area contributed by atoms with Crippen LogP contribution in [0.2, 0.25) is 15.1 Å². The van der Waals surface area contributed by atoms with Crippen LogP contribution in [0.25, 0.3) is 0 Å². The first-order chi connectivity index (χ1) is 11.2. The van der Waals surface area contributed by atoms with Gasteiger partial charge in [-0.05, 0) is 18.6 Å². The minimum absolute atomic E-state index is 0.133. The molecular weight excluding hydrogens is 397 g/mol. The minimum atomic E-state index is -2.95. The van der Waals surface area contributed by atoms with E-state index in [1.807, 2.05) is 0 Å². The Morgan fingerprint density at radius 3 is 2.29 bits per heavy atom. The Morgan fingerprint density at radius 1 is 1.17 bits per heavy atom. The van der Waals surface area contributed by atoms with Gasteiger partial charge in [0.15, 0.2) is 11.7 Å². The Labute approximate surface area is 157 Å². The van der Waals surface area contributed by atoms with Gasteiger partial charge in [0.05, 0.1) is 22.3 Å². The normalized spacial score (nSPS) is 12.1. The summed E-state index contributed by atoms with van der Waals surface area (Å²) in [6.07, 6.45) is 1.72. The number of nitrogens with one attached hydrogen (secondary N) is 2. The van der Waals surface area contributed by atoms with E-state index < -0.39 is 9.84 Å². The van der Waals surface area contributed by atoms with Gasteiger partial charge in [0.1, 0.15) is 16.4 Å². The zero-order valence-corrected chi connectivity index (χ0v) is 16.5. The second-order valence-corrected chi connectivity index (χ2v) is 8.47. The molecule has 0 heterocycles. The molecule has 1 aromatic rings. The minimum Gasteiger partial charge on any atom is -0.489 e. The Hall–Kier alpha value is -0.890. The van der Waals surface area contributed by atoms with E-state index in [4.69, 9.17) is 39.5 Å². The average Bonchev–Trinajstić information content (AvgIpc) is 2.46. The van der Waals surface area contributed by atoms with E-state index in [1.54, 1.807) is 19.2 Å². The van der Waals surface area contributed by atoms with E-state index in [-0.39, 0.29) is 5.75 Å². The summed E-state index contributed by atoms with van der Waals surface area (Å²) in [5.74, 6) is 1.06. The van der Waals surface area contributed by atoms with Crippen LogP contribution < -0.4 is 15.4 Å². The van der Waals surface area contributed by atoms with Crippen molar-refractivity contribution in [3.63, 3.8) is 0 Å². The van der Waals surface area contributed by atoms with Gasteiger partial charge in [0, 0.05) is 24.9 Å². The van der Waals surface area contributed by atoms with E-state index in [0.717, 1.165) is 0 Å². The SMILES string of the molecule is CN=C(NCCCS(C)(=O)=O)NCCOc1c(Cl)cc(Cl)cc1Cl. The van der Waals surface area contributed by atoms with Gasteiger partial charge >= 0.3 is 0 Å². The van der Waals surface area contributed by atoms with Gasteiger partial charge in [-0.25, -0.2) is 8.42 Å². The third-order valence-corrected chi connectivity index (χ3v) is 4.62. The molecule has 10 heteroatoms. The third-order valence-electron chi connectivity index (χ3n) is 2.81. The van der Waals surface area contributed by atoms with Crippen LogP contribution in [0, 0.1) is 0 Å². The number of halogens is 3. The first-order valence-electron chi connectivity index (χ1n) is 7.12. The van der Waals surface area contributed by atoms with Gasteiger partial charge in [0.2, 0.25) is 0 Å². The second kappa shape index (κ2) is 10.2. The predicted molar refractivity (Wildman–Crippen MR) is 101 cm³/mol. The van der Waals surface area contributed by atoms with E-state index in [2.05, 4.69) is 15.6 Å². The number of benzene rings is 1. The van der Waals surface area contributed by atoms with Crippen LogP contribution in [0.15, 0.2) is 17.1 Å². The lowest BCUT2D eigenvalue weighted by atomic mass is 10.3. The summed E-state index contributed by atoms with van der Waals surface area (Å²) in [6, 6.07) is 3.11. The lowest BCUT2D eigenvalue weighted by Crippen LogP contribution is -2.40. The van der Waals surface area contributed by atoms with Crippen LogP contribution in [-0.2, 0) is 9.84 Å². The largest absolute Gasteiger partial charge is 0.489 e. The number of rotatable bonds is 8. The molecule has 0 unspecified atom stereocenters. The summed E-state index contributed by atoms with van der Waals surface area (Å²) < 4.78 is 27.6. The number of nitrogens with zero attached hydrogens (tertiary/aromatic N) is 1. The quantitative estimate of drug-likeness (QED) is 0.387. The summed E-state index contributed by atoms with van der Waals surface area (Å²) in [5.41, 5.74) is 0. The highest BCUT2D eigenvalue weighted by Gasteiger charge is 2.09.